The van der Waals surface area contributed by atoms with E-state index >= 15 is 0 Å². The van der Waals surface area contributed by atoms with E-state index < -0.39 is 0 Å². The first kappa shape index (κ1) is 19.6. The molecule has 144 valence electrons. The first-order valence-electron chi connectivity index (χ1n) is 10.1. The van der Waals surface area contributed by atoms with Crippen molar-refractivity contribution < 1.29 is 0 Å². The molecule has 0 fully saturated rings. The summed E-state index contributed by atoms with van der Waals surface area (Å²) < 4.78 is 0. The maximum atomic E-state index is 4.45. The standard InChI is InChI=1S/C23H32N4/c1-19(2)27-23-14-10-5-4-6-11-15-26(3)18-20-12-8-7-9-13-21(16-20)22(23)17-24-25-27/h4-6,8-10,12-13,16,19-20H,7,11,14-15,17-18H2,1-3H3/b6-4-,10-5-,12-8-,13-9?,21-16?. The fourth-order valence-electron chi connectivity index (χ4n) is 3.71. The molecule has 27 heavy (non-hydrogen) atoms. The normalized spacial score (nSPS) is 28.1. The van der Waals surface area contributed by atoms with Gasteiger partial charge in [-0.05, 0) is 39.3 Å². The van der Waals surface area contributed by atoms with E-state index in [1.807, 2.05) is 0 Å². The van der Waals surface area contributed by atoms with Gasteiger partial charge in [0.2, 0.25) is 0 Å². The second-order valence-electron chi connectivity index (χ2n) is 7.72. The molecule has 2 aliphatic heterocycles. The fraction of sp³-hybridized carbons (Fsp3) is 0.478. The molecule has 0 N–H and O–H groups in total. The van der Waals surface area contributed by atoms with Crippen LogP contribution in [0.15, 0.2) is 81.9 Å². The van der Waals surface area contributed by atoms with Gasteiger partial charge in [-0.2, -0.15) is 5.11 Å². The fourth-order valence-corrected chi connectivity index (χ4v) is 3.71. The van der Waals surface area contributed by atoms with E-state index in [0.29, 0.717) is 18.5 Å². The zero-order valence-corrected chi connectivity index (χ0v) is 16.9. The van der Waals surface area contributed by atoms with Crippen LogP contribution in [-0.2, 0) is 0 Å². The second kappa shape index (κ2) is 9.65. The number of fused-ring (bicyclic) bond motifs is 2. The highest BCUT2D eigenvalue weighted by atomic mass is 15.6. The monoisotopic (exact) mass is 364 g/mol. The molecule has 0 amide bonds. The highest BCUT2D eigenvalue weighted by Crippen LogP contribution is 2.30. The van der Waals surface area contributed by atoms with Gasteiger partial charge in [-0.25, -0.2) is 5.01 Å². The first-order chi connectivity index (χ1) is 13.1. The third-order valence-electron chi connectivity index (χ3n) is 5.09. The molecule has 0 radical (unpaired) electrons. The van der Waals surface area contributed by atoms with E-state index in [1.54, 1.807) is 0 Å². The maximum absolute atomic E-state index is 4.45. The van der Waals surface area contributed by atoms with Crippen LogP contribution in [0, 0.1) is 5.92 Å². The van der Waals surface area contributed by atoms with Crippen molar-refractivity contribution >= 4 is 0 Å². The van der Waals surface area contributed by atoms with E-state index in [2.05, 4.69) is 95.8 Å². The number of nitrogens with zero attached hydrogens (tertiary/aromatic N) is 4. The van der Waals surface area contributed by atoms with Gasteiger partial charge < -0.3 is 4.90 Å². The van der Waals surface area contributed by atoms with E-state index in [0.717, 1.165) is 32.4 Å². The number of rotatable bonds is 1. The van der Waals surface area contributed by atoms with Gasteiger partial charge >= 0.3 is 0 Å². The van der Waals surface area contributed by atoms with Crippen LogP contribution in [0.4, 0.5) is 0 Å². The van der Waals surface area contributed by atoms with Crippen LogP contribution in [0.5, 0.6) is 0 Å². The summed E-state index contributed by atoms with van der Waals surface area (Å²) in [7, 11) is 2.21. The van der Waals surface area contributed by atoms with E-state index in [1.165, 1.54) is 16.8 Å². The zero-order valence-electron chi connectivity index (χ0n) is 16.9. The van der Waals surface area contributed by atoms with Gasteiger partial charge in [-0.1, -0.05) is 59.9 Å². The Morgan fingerprint density at radius 3 is 2.81 bits per heavy atom. The molecule has 0 aromatic carbocycles. The Morgan fingerprint density at radius 1 is 1.11 bits per heavy atom. The third-order valence-corrected chi connectivity index (χ3v) is 5.09. The topological polar surface area (TPSA) is 31.2 Å². The molecule has 0 aromatic heterocycles. The van der Waals surface area contributed by atoms with E-state index in [9.17, 15) is 0 Å². The van der Waals surface area contributed by atoms with Crippen LogP contribution in [0.3, 0.4) is 0 Å². The Labute approximate surface area is 164 Å². The smallest absolute Gasteiger partial charge is 0.0894 e. The molecule has 0 saturated carbocycles. The molecule has 1 aliphatic carbocycles. The van der Waals surface area contributed by atoms with Crippen molar-refractivity contribution in [3.63, 3.8) is 0 Å². The predicted molar refractivity (Wildman–Crippen MR) is 113 cm³/mol. The van der Waals surface area contributed by atoms with Crippen molar-refractivity contribution in [2.24, 2.45) is 16.3 Å². The number of hydrogen-bond acceptors (Lipinski definition) is 4. The molecule has 3 aliphatic rings. The summed E-state index contributed by atoms with van der Waals surface area (Å²) in [6.45, 7) is 7.12. The SMILES string of the molecule is CC(C)N1N=NCC2=C1C/C=C\C=C/CCN(C)CC1C=C2C=CC/C=C\1. The van der Waals surface area contributed by atoms with Crippen LogP contribution in [0.2, 0.25) is 0 Å². The van der Waals surface area contributed by atoms with Crippen LogP contribution in [0.25, 0.3) is 0 Å². The van der Waals surface area contributed by atoms with Crippen molar-refractivity contribution in [1.29, 1.82) is 0 Å². The Hall–Kier alpha value is -2.20. The molecule has 4 heteroatoms. The lowest BCUT2D eigenvalue weighted by molar-refractivity contribution is 0.259. The maximum Gasteiger partial charge on any atom is 0.0894 e. The largest absolute Gasteiger partial charge is 0.305 e. The summed E-state index contributed by atoms with van der Waals surface area (Å²) in [6, 6.07) is 0.293. The molecule has 4 nitrogen and oxygen atoms in total. The molecule has 1 atom stereocenters. The minimum Gasteiger partial charge on any atom is -0.305 e. The Balaban J connectivity index is 2.05. The first-order valence-corrected chi connectivity index (χ1v) is 10.1. The number of allylic oxidation sites excluding steroid dienone is 6. The third kappa shape index (κ3) is 5.39. The lowest BCUT2D eigenvalue weighted by Crippen LogP contribution is -2.29. The van der Waals surface area contributed by atoms with Crippen molar-refractivity contribution in [2.75, 3.05) is 26.7 Å². The predicted octanol–water partition coefficient (Wildman–Crippen LogP) is 5.23. The minimum absolute atomic E-state index is 0.293. The second-order valence-corrected chi connectivity index (χ2v) is 7.72. The molecule has 0 aromatic rings. The Kier molecular flexibility index (Phi) is 6.99. The van der Waals surface area contributed by atoms with Gasteiger partial charge in [0, 0.05) is 42.7 Å². The molecule has 3 rings (SSSR count). The summed E-state index contributed by atoms with van der Waals surface area (Å²) in [5.41, 5.74) is 3.89. The van der Waals surface area contributed by atoms with Crippen molar-refractivity contribution in [3.05, 3.63) is 71.5 Å². The summed E-state index contributed by atoms with van der Waals surface area (Å²) in [4.78, 5) is 2.42. The minimum atomic E-state index is 0.293. The molecule has 2 heterocycles. The lowest BCUT2D eigenvalue weighted by atomic mass is 9.93. The molecule has 0 saturated heterocycles. The van der Waals surface area contributed by atoms with Crippen LogP contribution in [-0.4, -0.2) is 42.6 Å². The van der Waals surface area contributed by atoms with Gasteiger partial charge in [0.05, 0.1) is 6.54 Å². The van der Waals surface area contributed by atoms with E-state index in [-0.39, 0.29) is 0 Å². The Morgan fingerprint density at radius 2 is 1.96 bits per heavy atom. The van der Waals surface area contributed by atoms with Gasteiger partial charge in [-0.3, -0.25) is 0 Å². The van der Waals surface area contributed by atoms with Gasteiger partial charge in [0.25, 0.3) is 0 Å². The average molecular weight is 365 g/mol. The van der Waals surface area contributed by atoms with Gasteiger partial charge in [0.1, 0.15) is 0 Å². The van der Waals surface area contributed by atoms with Crippen LogP contribution < -0.4 is 0 Å². The van der Waals surface area contributed by atoms with E-state index in [4.69, 9.17) is 0 Å². The van der Waals surface area contributed by atoms with Crippen molar-refractivity contribution in [1.82, 2.24) is 9.91 Å². The quantitative estimate of drug-likeness (QED) is 0.597. The molecule has 2 bridgehead atoms. The molecular formula is C23H32N4. The highest BCUT2D eigenvalue weighted by Gasteiger charge is 2.22. The molecule has 0 spiro atoms. The average Bonchev–Trinajstić information content (AvgIpc) is 2.62. The number of hydrogen-bond donors (Lipinski definition) is 0. The molecular weight excluding hydrogens is 332 g/mol. The molecule has 1 unspecified atom stereocenters. The summed E-state index contributed by atoms with van der Waals surface area (Å²) in [5.74, 6) is 0.414. The zero-order chi connectivity index (χ0) is 19.1. The van der Waals surface area contributed by atoms with Crippen LogP contribution in [0.1, 0.15) is 33.1 Å². The summed E-state index contributed by atoms with van der Waals surface area (Å²) in [6.07, 6.45) is 23.3. The van der Waals surface area contributed by atoms with Crippen LogP contribution >= 0.6 is 0 Å². The van der Waals surface area contributed by atoms with Crippen molar-refractivity contribution in [2.45, 2.75) is 39.2 Å². The summed E-state index contributed by atoms with van der Waals surface area (Å²) in [5, 5.41) is 11.0. The summed E-state index contributed by atoms with van der Waals surface area (Å²) >= 11 is 0. The van der Waals surface area contributed by atoms with Gasteiger partial charge in [-0.15, -0.1) is 0 Å². The van der Waals surface area contributed by atoms with Gasteiger partial charge in [0.15, 0.2) is 0 Å². The lowest BCUT2D eigenvalue weighted by Gasteiger charge is -2.30. The highest BCUT2D eigenvalue weighted by molar-refractivity contribution is 5.46. The Bertz CT molecular complexity index is 719. The van der Waals surface area contributed by atoms with Crippen molar-refractivity contribution in [3.8, 4) is 0 Å².